The van der Waals surface area contributed by atoms with Gasteiger partial charge in [0.25, 0.3) is 5.91 Å². The van der Waals surface area contributed by atoms with Gasteiger partial charge >= 0.3 is 6.18 Å². The van der Waals surface area contributed by atoms with E-state index >= 15 is 0 Å². The molecule has 0 atom stereocenters. The molecular formula is C12H14F3N3O. The summed E-state index contributed by atoms with van der Waals surface area (Å²) in [6.07, 6.45) is -4.40. The Labute approximate surface area is 108 Å². The molecule has 0 aliphatic rings. The van der Waals surface area contributed by atoms with Crippen LogP contribution in [0.1, 0.15) is 19.4 Å². The first kappa shape index (κ1) is 15.0. The highest BCUT2D eigenvalue weighted by atomic mass is 19.4. The van der Waals surface area contributed by atoms with Gasteiger partial charge in [0.05, 0.1) is 12.1 Å². The Morgan fingerprint density at radius 1 is 1.32 bits per heavy atom. The monoisotopic (exact) mass is 273 g/mol. The van der Waals surface area contributed by atoms with E-state index in [1.165, 1.54) is 12.1 Å². The van der Waals surface area contributed by atoms with Gasteiger partial charge < -0.3 is 5.32 Å². The number of hydrogen-bond donors (Lipinski definition) is 2. The van der Waals surface area contributed by atoms with E-state index in [1.807, 2.05) is 0 Å². The maximum absolute atomic E-state index is 12.5. The summed E-state index contributed by atoms with van der Waals surface area (Å²) in [6, 6.07) is 4.64. The zero-order chi connectivity index (χ0) is 14.5. The summed E-state index contributed by atoms with van der Waals surface area (Å²) in [5, 5.41) is 6.29. The lowest BCUT2D eigenvalue weighted by molar-refractivity contribution is -0.137. The van der Waals surface area contributed by atoms with Crippen molar-refractivity contribution in [2.75, 3.05) is 11.9 Å². The van der Waals surface area contributed by atoms with Gasteiger partial charge in [-0.3, -0.25) is 4.79 Å². The molecule has 1 rings (SSSR count). The molecule has 0 aliphatic heterocycles. The zero-order valence-corrected chi connectivity index (χ0v) is 10.5. The maximum atomic E-state index is 12.5. The Bertz CT molecular complexity index is 479. The summed E-state index contributed by atoms with van der Waals surface area (Å²) in [5.74, 6) is -0.432. The van der Waals surface area contributed by atoms with E-state index in [-0.39, 0.29) is 12.2 Å². The third-order valence-electron chi connectivity index (χ3n) is 2.05. The molecule has 0 heterocycles. The van der Waals surface area contributed by atoms with Crippen molar-refractivity contribution in [3.05, 3.63) is 29.8 Å². The third kappa shape index (κ3) is 5.41. The SMILES string of the molecule is CC(C)=NNC(=O)CNc1cccc(C(F)(F)F)c1. The van der Waals surface area contributed by atoms with Crippen LogP contribution in [0.25, 0.3) is 0 Å². The molecule has 0 unspecified atom stereocenters. The van der Waals surface area contributed by atoms with Crippen molar-refractivity contribution in [3.8, 4) is 0 Å². The van der Waals surface area contributed by atoms with Crippen molar-refractivity contribution in [2.24, 2.45) is 5.10 Å². The summed E-state index contributed by atoms with van der Waals surface area (Å²) in [7, 11) is 0. The fourth-order valence-electron chi connectivity index (χ4n) is 1.20. The Balaban J connectivity index is 2.59. The zero-order valence-electron chi connectivity index (χ0n) is 10.5. The number of carbonyl (C=O) groups excluding carboxylic acids is 1. The van der Waals surface area contributed by atoms with Crippen LogP contribution in [0, 0.1) is 0 Å². The molecule has 1 amide bonds. The van der Waals surface area contributed by atoms with Gasteiger partial charge in [0.15, 0.2) is 0 Å². The number of alkyl halides is 3. The predicted molar refractivity (Wildman–Crippen MR) is 66.9 cm³/mol. The number of rotatable bonds is 4. The molecule has 104 valence electrons. The highest BCUT2D eigenvalue weighted by Crippen LogP contribution is 2.30. The van der Waals surface area contributed by atoms with Crippen molar-refractivity contribution in [2.45, 2.75) is 20.0 Å². The molecule has 0 saturated heterocycles. The van der Waals surface area contributed by atoms with Crippen LogP contribution in [0.15, 0.2) is 29.4 Å². The highest BCUT2D eigenvalue weighted by Gasteiger charge is 2.30. The smallest absolute Gasteiger partial charge is 0.376 e. The number of halogens is 3. The van der Waals surface area contributed by atoms with Gasteiger partial charge in [0, 0.05) is 11.4 Å². The molecule has 0 aromatic heterocycles. The van der Waals surface area contributed by atoms with Crippen molar-refractivity contribution >= 4 is 17.3 Å². The van der Waals surface area contributed by atoms with E-state index in [2.05, 4.69) is 15.8 Å². The van der Waals surface area contributed by atoms with Gasteiger partial charge in [-0.25, -0.2) is 5.43 Å². The number of hydrazone groups is 1. The fourth-order valence-corrected chi connectivity index (χ4v) is 1.20. The van der Waals surface area contributed by atoms with E-state index in [4.69, 9.17) is 0 Å². The van der Waals surface area contributed by atoms with E-state index in [0.29, 0.717) is 5.71 Å². The van der Waals surface area contributed by atoms with Crippen molar-refractivity contribution in [1.29, 1.82) is 0 Å². The summed E-state index contributed by atoms with van der Waals surface area (Å²) in [4.78, 5) is 11.3. The molecule has 1 aromatic carbocycles. The molecule has 0 bridgehead atoms. The fraction of sp³-hybridized carbons (Fsp3) is 0.333. The first-order valence-electron chi connectivity index (χ1n) is 5.50. The lowest BCUT2D eigenvalue weighted by atomic mass is 10.2. The second kappa shape index (κ2) is 6.21. The molecule has 0 fully saturated rings. The largest absolute Gasteiger partial charge is 0.416 e. The topological polar surface area (TPSA) is 53.5 Å². The van der Waals surface area contributed by atoms with Crippen molar-refractivity contribution in [1.82, 2.24) is 5.43 Å². The third-order valence-corrected chi connectivity index (χ3v) is 2.05. The van der Waals surface area contributed by atoms with Gasteiger partial charge in [-0.05, 0) is 32.0 Å². The van der Waals surface area contributed by atoms with Gasteiger partial charge in [-0.15, -0.1) is 0 Å². The quantitative estimate of drug-likeness (QED) is 0.654. The van der Waals surface area contributed by atoms with Crippen LogP contribution in [-0.4, -0.2) is 18.2 Å². The summed E-state index contributed by atoms with van der Waals surface area (Å²) < 4.78 is 37.4. The summed E-state index contributed by atoms with van der Waals surface area (Å²) in [5.41, 5.74) is 2.40. The number of nitrogens with one attached hydrogen (secondary N) is 2. The maximum Gasteiger partial charge on any atom is 0.416 e. The first-order valence-corrected chi connectivity index (χ1v) is 5.50. The molecule has 4 nitrogen and oxygen atoms in total. The van der Waals surface area contributed by atoms with E-state index in [0.717, 1.165) is 12.1 Å². The van der Waals surface area contributed by atoms with Gasteiger partial charge in [-0.2, -0.15) is 18.3 Å². The van der Waals surface area contributed by atoms with E-state index in [9.17, 15) is 18.0 Å². The van der Waals surface area contributed by atoms with Crippen LogP contribution in [0.2, 0.25) is 0 Å². The second-order valence-corrected chi connectivity index (χ2v) is 4.03. The molecule has 7 heteroatoms. The normalized spacial score (nSPS) is 10.8. The standard InChI is InChI=1S/C12H14F3N3O/c1-8(2)17-18-11(19)7-16-10-5-3-4-9(6-10)12(13,14)15/h3-6,16H,7H2,1-2H3,(H,18,19). The van der Waals surface area contributed by atoms with Crippen molar-refractivity contribution in [3.63, 3.8) is 0 Å². The van der Waals surface area contributed by atoms with Gasteiger partial charge in [0.1, 0.15) is 0 Å². The molecule has 0 radical (unpaired) electrons. The minimum absolute atomic E-state index is 0.155. The Morgan fingerprint density at radius 2 is 2.00 bits per heavy atom. The molecule has 0 aliphatic carbocycles. The average Bonchev–Trinajstić information content (AvgIpc) is 2.33. The number of nitrogens with zero attached hydrogens (tertiary/aromatic N) is 1. The van der Waals surface area contributed by atoms with Crippen LogP contribution in [0.5, 0.6) is 0 Å². The van der Waals surface area contributed by atoms with Gasteiger partial charge in [-0.1, -0.05) is 6.07 Å². The van der Waals surface area contributed by atoms with Crippen LogP contribution >= 0.6 is 0 Å². The Morgan fingerprint density at radius 3 is 2.58 bits per heavy atom. The molecule has 2 N–H and O–H groups in total. The molecule has 0 saturated carbocycles. The molecule has 0 spiro atoms. The van der Waals surface area contributed by atoms with Crippen LogP contribution in [0.3, 0.4) is 0 Å². The summed E-state index contributed by atoms with van der Waals surface area (Å²) >= 11 is 0. The Kier molecular flexibility index (Phi) is 4.91. The van der Waals surface area contributed by atoms with Crippen molar-refractivity contribution < 1.29 is 18.0 Å². The minimum atomic E-state index is -4.40. The van der Waals surface area contributed by atoms with Crippen LogP contribution in [0.4, 0.5) is 18.9 Å². The lowest BCUT2D eigenvalue weighted by Gasteiger charge is -2.10. The Hall–Kier alpha value is -2.05. The summed E-state index contributed by atoms with van der Waals surface area (Å²) in [6.45, 7) is 3.26. The number of carbonyl (C=O) groups is 1. The number of anilines is 1. The van der Waals surface area contributed by atoms with E-state index in [1.54, 1.807) is 13.8 Å². The molecular weight excluding hydrogens is 259 g/mol. The molecule has 1 aromatic rings. The number of hydrogen-bond acceptors (Lipinski definition) is 3. The van der Waals surface area contributed by atoms with Gasteiger partial charge in [0.2, 0.25) is 0 Å². The van der Waals surface area contributed by atoms with Crippen LogP contribution in [-0.2, 0) is 11.0 Å². The minimum Gasteiger partial charge on any atom is -0.376 e. The number of benzene rings is 1. The average molecular weight is 273 g/mol. The lowest BCUT2D eigenvalue weighted by Crippen LogP contribution is -2.26. The van der Waals surface area contributed by atoms with E-state index < -0.39 is 17.6 Å². The van der Waals surface area contributed by atoms with Crippen LogP contribution < -0.4 is 10.7 Å². The number of amides is 1. The molecule has 19 heavy (non-hydrogen) atoms. The highest BCUT2D eigenvalue weighted by molar-refractivity contribution is 5.84. The second-order valence-electron chi connectivity index (χ2n) is 4.03. The first-order chi connectivity index (χ1) is 8.79. The predicted octanol–water partition coefficient (Wildman–Crippen LogP) is 2.63.